The highest BCUT2D eigenvalue weighted by molar-refractivity contribution is 5.86. The van der Waals surface area contributed by atoms with E-state index in [1.54, 1.807) is 0 Å². The zero-order valence-corrected chi connectivity index (χ0v) is 10.9. The van der Waals surface area contributed by atoms with Gasteiger partial charge in [0.2, 0.25) is 5.95 Å². The second kappa shape index (κ2) is 6.42. The molecule has 9 heteroatoms. The number of rotatable bonds is 7. The maximum atomic E-state index is 12.3. The van der Waals surface area contributed by atoms with Crippen LogP contribution in [-0.2, 0) is 0 Å². The molecule has 2 heterocycles. The van der Waals surface area contributed by atoms with Crippen molar-refractivity contribution in [3.05, 3.63) is 6.20 Å². The molecular formula is C11H16F2N6O. The first kappa shape index (κ1) is 14.4. The van der Waals surface area contributed by atoms with Crippen molar-refractivity contribution in [2.45, 2.75) is 25.9 Å². The van der Waals surface area contributed by atoms with Gasteiger partial charge in [-0.15, -0.1) is 0 Å². The molecule has 0 aromatic carbocycles. The third-order valence-corrected chi connectivity index (χ3v) is 2.61. The standard InChI is InChI=1S/C11H16F2N6O/c1-2-3-14-11-17-9(15-5-7(20)8(12)13)6-4-16-19-10(6)18-11/h4,7-8,20H,2-3,5H2,1H3,(H3,14,15,16,17,18,19). The number of hydrogen-bond acceptors (Lipinski definition) is 6. The zero-order chi connectivity index (χ0) is 14.5. The molecule has 0 saturated carbocycles. The van der Waals surface area contributed by atoms with E-state index in [-0.39, 0.29) is 6.54 Å². The normalized spacial score (nSPS) is 12.8. The first-order valence-corrected chi connectivity index (χ1v) is 6.27. The number of anilines is 2. The van der Waals surface area contributed by atoms with E-state index in [1.165, 1.54) is 6.20 Å². The minimum absolute atomic E-state index is 0.303. The Hall–Kier alpha value is -2.03. The number of aromatic nitrogens is 4. The Kier molecular flexibility index (Phi) is 4.61. The summed E-state index contributed by atoms with van der Waals surface area (Å²) in [6, 6.07) is 0. The number of hydrogen-bond donors (Lipinski definition) is 4. The molecule has 0 bridgehead atoms. The van der Waals surface area contributed by atoms with Crippen molar-refractivity contribution in [3.8, 4) is 0 Å². The summed E-state index contributed by atoms with van der Waals surface area (Å²) in [6.07, 6.45) is -2.16. The third-order valence-electron chi connectivity index (χ3n) is 2.61. The van der Waals surface area contributed by atoms with E-state index in [0.717, 1.165) is 6.42 Å². The van der Waals surface area contributed by atoms with E-state index in [1.807, 2.05) is 6.92 Å². The minimum atomic E-state index is -2.80. The van der Waals surface area contributed by atoms with Crippen LogP contribution in [0.1, 0.15) is 13.3 Å². The molecule has 0 radical (unpaired) electrons. The van der Waals surface area contributed by atoms with Crippen LogP contribution in [0.5, 0.6) is 0 Å². The summed E-state index contributed by atoms with van der Waals surface area (Å²) >= 11 is 0. The number of halogens is 2. The zero-order valence-electron chi connectivity index (χ0n) is 10.9. The van der Waals surface area contributed by atoms with Crippen molar-refractivity contribution in [1.82, 2.24) is 20.2 Å². The molecule has 0 aliphatic heterocycles. The van der Waals surface area contributed by atoms with Crippen molar-refractivity contribution < 1.29 is 13.9 Å². The molecule has 110 valence electrons. The number of alkyl halides is 2. The number of aliphatic hydroxyl groups excluding tert-OH is 1. The van der Waals surface area contributed by atoms with Gasteiger partial charge in [-0.1, -0.05) is 6.92 Å². The van der Waals surface area contributed by atoms with Gasteiger partial charge in [-0.2, -0.15) is 15.1 Å². The highest BCUT2D eigenvalue weighted by Gasteiger charge is 2.17. The molecule has 0 fully saturated rings. The Morgan fingerprint density at radius 3 is 2.85 bits per heavy atom. The molecule has 0 amide bonds. The van der Waals surface area contributed by atoms with Crippen molar-refractivity contribution in [2.75, 3.05) is 23.7 Å². The Bertz CT molecular complexity index is 561. The van der Waals surface area contributed by atoms with Crippen LogP contribution in [0.25, 0.3) is 11.0 Å². The summed E-state index contributed by atoms with van der Waals surface area (Å²) in [4.78, 5) is 8.40. The van der Waals surface area contributed by atoms with Crippen LogP contribution in [0.4, 0.5) is 20.5 Å². The summed E-state index contributed by atoms with van der Waals surface area (Å²) in [5.74, 6) is 0.722. The molecule has 2 rings (SSSR count). The maximum absolute atomic E-state index is 12.3. The summed E-state index contributed by atoms with van der Waals surface area (Å²) in [5.41, 5.74) is 0.493. The summed E-state index contributed by atoms with van der Waals surface area (Å²) < 4.78 is 24.6. The predicted octanol–water partition coefficient (Wildman–Crippen LogP) is 1.21. The predicted molar refractivity (Wildman–Crippen MR) is 71.0 cm³/mol. The molecule has 4 N–H and O–H groups in total. The van der Waals surface area contributed by atoms with Crippen molar-refractivity contribution >= 4 is 22.8 Å². The number of H-pyrrole nitrogens is 1. The molecule has 7 nitrogen and oxygen atoms in total. The van der Waals surface area contributed by atoms with Gasteiger partial charge in [0, 0.05) is 13.1 Å². The molecule has 20 heavy (non-hydrogen) atoms. The topological polar surface area (TPSA) is 98.8 Å². The van der Waals surface area contributed by atoms with E-state index in [9.17, 15) is 8.78 Å². The summed E-state index contributed by atoms with van der Waals surface area (Å²) in [5, 5.41) is 21.9. The SMILES string of the molecule is CCCNc1nc(NCC(O)C(F)F)c2cn[nH]c2n1. The molecule has 0 aliphatic rings. The Morgan fingerprint density at radius 1 is 1.35 bits per heavy atom. The van der Waals surface area contributed by atoms with Gasteiger partial charge in [-0.05, 0) is 6.42 Å². The first-order valence-electron chi connectivity index (χ1n) is 6.27. The highest BCUT2D eigenvalue weighted by atomic mass is 19.3. The molecule has 0 saturated heterocycles. The molecule has 0 spiro atoms. The number of aromatic amines is 1. The van der Waals surface area contributed by atoms with Crippen LogP contribution in [0.2, 0.25) is 0 Å². The Labute approximate surface area is 113 Å². The van der Waals surface area contributed by atoms with Gasteiger partial charge in [0.1, 0.15) is 11.9 Å². The molecule has 2 aromatic rings. The van der Waals surface area contributed by atoms with E-state index >= 15 is 0 Å². The smallest absolute Gasteiger partial charge is 0.265 e. The van der Waals surface area contributed by atoms with Crippen molar-refractivity contribution in [3.63, 3.8) is 0 Å². The lowest BCUT2D eigenvalue weighted by Gasteiger charge is -2.12. The van der Waals surface area contributed by atoms with Crippen LogP contribution in [0.15, 0.2) is 6.20 Å². The molecule has 0 aliphatic carbocycles. The highest BCUT2D eigenvalue weighted by Crippen LogP contribution is 2.20. The van der Waals surface area contributed by atoms with Crippen LogP contribution < -0.4 is 10.6 Å². The van der Waals surface area contributed by atoms with E-state index in [0.29, 0.717) is 29.3 Å². The van der Waals surface area contributed by atoms with E-state index in [4.69, 9.17) is 5.11 Å². The average molecular weight is 286 g/mol. The Morgan fingerprint density at radius 2 is 2.15 bits per heavy atom. The maximum Gasteiger partial charge on any atom is 0.265 e. The molecular weight excluding hydrogens is 270 g/mol. The number of nitrogens with one attached hydrogen (secondary N) is 3. The molecule has 1 unspecified atom stereocenters. The molecule has 1 atom stereocenters. The second-order valence-corrected chi connectivity index (χ2v) is 4.24. The Balaban J connectivity index is 2.19. The fourth-order valence-electron chi connectivity index (χ4n) is 1.58. The second-order valence-electron chi connectivity index (χ2n) is 4.24. The number of fused-ring (bicyclic) bond motifs is 1. The van der Waals surface area contributed by atoms with E-state index in [2.05, 4.69) is 30.8 Å². The third kappa shape index (κ3) is 3.29. The summed E-state index contributed by atoms with van der Waals surface area (Å²) in [7, 11) is 0. The largest absolute Gasteiger partial charge is 0.385 e. The van der Waals surface area contributed by atoms with Gasteiger partial charge in [-0.25, -0.2) is 8.78 Å². The van der Waals surface area contributed by atoms with Crippen molar-refractivity contribution in [1.29, 1.82) is 0 Å². The van der Waals surface area contributed by atoms with Crippen LogP contribution in [-0.4, -0.2) is 50.9 Å². The van der Waals surface area contributed by atoms with Crippen molar-refractivity contribution in [2.24, 2.45) is 0 Å². The van der Waals surface area contributed by atoms with Gasteiger partial charge >= 0.3 is 0 Å². The average Bonchev–Trinajstić information content (AvgIpc) is 2.90. The van der Waals surface area contributed by atoms with E-state index < -0.39 is 12.5 Å². The van der Waals surface area contributed by atoms with Gasteiger partial charge in [-0.3, -0.25) is 5.10 Å². The fraction of sp³-hybridized carbons (Fsp3) is 0.545. The molecule has 2 aromatic heterocycles. The van der Waals surface area contributed by atoms with Crippen LogP contribution in [0.3, 0.4) is 0 Å². The minimum Gasteiger partial charge on any atom is -0.385 e. The van der Waals surface area contributed by atoms with Crippen LogP contribution in [0, 0.1) is 0 Å². The summed E-state index contributed by atoms with van der Waals surface area (Å²) in [6.45, 7) is 2.39. The fourth-order valence-corrected chi connectivity index (χ4v) is 1.58. The van der Waals surface area contributed by atoms with Gasteiger partial charge in [0.15, 0.2) is 5.65 Å². The lowest BCUT2D eigenvalue weighted by Crippen LogP contribution is -2.27. The number of aliphatic hydroxyl groups is 1. The quantitative estimate of drug-likeness (QED) is 0.610. The number of nitrogens with zero attached hydrogens (tertiary/aromatic N) is 3. The van der Waals surface area contributed by atoms with Gasteiger partial charge in [0.05, 0.1) is 11.6 Å². The van der Waals surface area contributed by atoms with Crippen LogP contribution >= 0.6 is 0 Å². The monoisotopic (exact) mass is 286 g/mol. The lowest BCUT2D eigenvalue weighted by atomic mass is 10.3. The first-order chi connectivity index (χ1) is 9.61. The van der Waals surface area contributed by atoms with Gasteiger partial charge < -0.3 is 15.7 Å². The lowest BCUT2D eigenvalue weighted by molar-refractivity contribution is 0.00382. The van der Waals surface area contributed by atoms with Gasteiger partial charge in [0.25, 0.3) is 6.43 Å².